The van der Waals surface area contributed by atoms with Crippen LogP contribution in [0.4, 0.5) is 0 Å². The largest absolute Gasteiger partial charge is 0.410 e. The summed E-state index contributed by atoms with van der Waals surface area (Å²) >= 11 is 2.97. The normalized spacial score (nSPS) is 19.8. The molecule has 7 nitrogen and oxygen atoms in total. The van der Waals surface area contributed by atoms with E-state index in [4.69, 9.17) is 4.42 Å². The van der Waals surface area contributed by atoms with Crippen molar-refractivity contribution in [3.05, 3.63) is 34.8 Å². The molecule has 158 valence electrons. The van der Waals surface area contributed by atoms with Gasteiger partial charge in [0, 0.05) is 24.2 Å². The van der Waals surface area contributed by atoms with Gasteiger partial charge in [0.2, 0.25) is 10.0 Å². The fraction of sp³-hybridized carbons (Fsp3) is 0.450. The number of hydrogen-bond acceptors (Lipinski definition) is 8. The first kappa shape index (κ1) is 20.2. The quantitative estimate of drug-likeness (QED) is 0.560. The van der Waals surface area contributed by atoms with E-state index in [0.717, 1.165) is 36.5 Å². The summed E-state index contributed by atoms with van der Waals surface area (Å²) in [5, 5.41) is 9.34. The third-order valence-electron chi connectivity index (χ3n) is 5.55. The lowest BCUT2D eigenvalue weighted by Crippen LogP contribution is -2.27. The van der Waals surface area contributed by atoms with Gasteiger partial charge < -0.3 is 4.42 Å². The standard InChI is InChI=1S/C20H22N4O3S3/c1-13-4-6-16-14(10-13)11-17(28-16)19-22-23-20(27-19)29-18-7-5-15(12-21-18)30(25,26)24-8-2-3-9-24/h5,7,11-13H,2-4,6,8-10H2,1H3. The van der Waals surface area contributed by atoms with Crippen LogP contribution < -0.4 is 0 Å². The minimum atomic E-state index is -3.45. The number of aromatic nitrogens is 3. The number of sulfonamides is 1. The molecule has 0 N–H and O–H groups in total. The van der Waals surface area contributed by atoms with Crippen LogP contribution in [-0.4, -0.2) is 41.0 Å². The Hall–Kier alpha value is -1.75. The molecule has 0 spiro atoms. The van der Waals surface area contributed by atoms with Crippen molar-refractivity contribution >= 4 is 33.1 Å². The molecule has 1 saturated heterocycles. The van der Waals surface area contributed by atoms with Crippen molar-refractivity contribution in [2.45, 2.75) is 54.2 Å². The Morgan fingerprint density at radius 1 is 1.23 bits per heavy atom. The van der Waals surface area contributed by atoms with Gasteiger partial charge in [0.1, 0.15) is 9.92 Å². The number of thiophene rings is 1. The van der Waals surface area contributed by atoms with E-state index in [0.29, 0.717) is 29.2 Å². The van der Waals surface area contributed by atoms with Crippen molar-refractivity contribution in [2.75, 3.05) is 13.1 Å². The first-order chi connectivity index (χ1) is 14.5. The van der Waals surface area contributed by atoms with Gasteiger partial charge in [-0.05, 0) is 73.5 Å². The fourth-order valence-electron chi connectivity index (χ4n) is 3.91. The predicted molar refractivity (Wildman–Crippen MR) is 115 cm³/mol. The number of rotatable bonds is 5. The predicted octanol–water partition coefficient (Wildman–Crippen LogP) is 4.25. The van der Waals surface area contributed by atoms with Gasteiger partial charge in [-0.1, -0.05) is 6.92 Å². The Morgan fingerprint density at radius 3 is 2.83 bits per heavy atom. The molecule has 2 aliphatic rings. The van der Waals surface area contributed by atoms with E-state index in [9.17, 15) is 8.42 Å². The van der Waals surface area contributed by atoms with E-state index in [1.165, 1.54) is 39.1 Å². The highest BCUT2D eigenvalue weighted by Gasteiger charge is 2.27. The number of pyridine rings is 1. The molecule has 0 saturated carbocycles. The third-order valence-corrected chi connectivity index (χ3v) is 9.45. The summed E-state index contributed by atoms with van der Waals surface area (Å²) in [6.07, 6.45) is 6.68. The second-order valence-corrected chi connectivity index (χ2v) is 11.9. The smallest absolute Gasteiger partial charge is 0.283 e. The van der Waals surface area contributed by atoms with Crippen LogP contribution in [0.3, 0.4) is 0 Å². The van der Waals surface area contributed by atoms with Gasteiger partial charge in [0.25, 0.3) is 11.1 Å². The van der Waals surface area contributed by atoms with E-state index in [1.54, 1.807) is 23.5 Å². The summed E-state index contributed by atoms with van der Waals surface area (Å²) in [6, 6.07) is 5.45. The van der Waals surface area contributed by atoms with Gasteiger partial charge in [-0.2, -0.15) is 4.31 Å². The molecule has 1 aliphatic heterocycles. The van der Waals surface area contributed by atoms with Crippen LogP contribution in [0.15, 0.2) is 44.0 Å². The van der Waals surface area contributed by atoms with Crippen molar-refractivity contribution in [1.29, 1.82) is 0 Å². The second-order valence-electron chi connectivity index (χ2n) is 7.83. The molecular formula is C20H22N4O3S3. The molecule has 0 aromatic carbocycles. The Kier molecular flexibility index (Phi) is 5.42. The van der Waals surface area contributed by atoms with Crippen molar-refractivity contribution in [3.63, 3.8) is 0 Å². The van der Waals surface area contributed by atoms with Crippen molar-refractivity contribution in [1.82, 2.24) is 19.5 Å². The number of nitrogens with zero attached hydrogens (tertiary/aromatic N) is 4. The third kappa shape index (κ3) is 3.93. The molecule has 4 heterocycles. The molecule has 10 heteroatoms. The first-order valence-electron chi connectivity index (χ1n) is 10.1. The molecular weight excluding hydrogens is 440 g/mol. The van der Waals surface area contributed by atoms with Crippen LogP contribution in [0, 0.1) is 5.92 Å². The van der Waals surface area contributed by atoms with Crippen LogP contribution in [0.5, 0.6) is 0 Å². The number of hydrogen-bond donors (Lipinski definition) is 0. The fourth-order valence-corrected chi connectivity index (χ4v) is 7.12. The maximum Gasteiger partial charge on any atom is 0.283 e. The average molecular weight is 463 g/mol. The SMILES string of the molecule is CC1CCc2sc(-c3nnc(Sc4ccc(S(=O)(=O)N5CCCC5)cn4)o3)cc2C1. The summed E-state index contributed by atoms with van der Waals surface area (Å²) < 4.78 is 32.6. The average Bonchev–Trinajstić information content (AvgIpc) is 3.48. The number of fused-ring (bicyclic) bond motifs is 1. The molecule has 30 heavy (non-hydrogen) atoms. The molecule has 0 radical (unpaired) electrons. The minimum Gasteiger partial charge on any atom is -0.410 e. The lowest BCUT2D eigenvalue weighted by atomic mass is 9.90. The van der Waals surface area contributed by atoms with Gasteiger partial charge in [0.15, 0.2) is 0 Å². The van der Waals surface area contributed by atoms with Crippen molar-refractivity contribution in [3.8, 4) is 10.8 Å². The van der Waals surface area contributed by atoms with Gasteiger partial charge in [-0.3, -0.25) is 0 Å². The van der Waals surface area contributed by atoms with Gasteiger partial charge in [-0.15, -0.1) is 21.5 Å². The van der Waals surface area contributed by atoms with E-state index in [2.05, 4.69) is 28.2 Å². The summed E-state index contributed by atoms with van der Waals surface area (Å²) in [7, 11) is -3.45. The molecule has 1 unspecified atom stereocenters. The van der Waals surface area contributed by atoms with Gasteiger partial charge in [-0.25, -0.2) is 13.4 Å². The molecule has 1 aliphatic carbocycles. The molecule has 3 aromatic rings. The summed E-state index contributed by atoms with van der Waals surface area (Å²) in [4.78, 5) is 6.94. The monoisotopic (exact) mass is 462 g/mol. The molecule has 1 fully saturated rings. The summed E-state index contributed by atoms with van der Waals surface area (Å²) in [5.41, 5.74) is 1.40. The van der Waals surface area contributed by atoms with Crippen LogP contribution in [0.1, 0.15) is 36.6 Å². The summed E-state index contributed by atoms with van der Waals surface area (Å²) in [6.45, 7) is 3.44. The Labute approximate surface area is 184 Å². The maximum absolute atomic E-state index is 12.6. The van der Waals surface area contributed by atoms with Crippen molar-refractivity contribution in [2.24, 2.45) is 5.92 Å². The van der Waals surface area contributed by atoms with Crippen LogP contribution in [0.2, 0.25) is 0 Å². The van der Waals surface area contributed by atoms with Gasteiger partial charge >= 0.3 is 0 Å². The summed E-state index contributed by atoms with van der Waals surface area (Å²) in [5.74, 6) is 1.25. The highest BCUT2D eigenvalue weighted by Crippen LogP contribution is 2.38. The Balaban J connectivity index is 1.30. The zero-order valence-corrected chi connectivity index (χ0v) is 19.0. The Morgan fingerprint density at radius 2 is 2.07 bits per heavy atom. The van der Waals surface area contributed by atoms with Gasteiger partial charge in [0.05, 0.1) is 4.88 Å². The zero-order chi connectivity index (χ0) is 20.7. The second kappa shape index (κ2) is 8.07. The lowest BCUT2D eigenvalue weighted by molar-refractivity contribution is 0.466. The first-order valence-corrected chi connectivity index (χ1v) is 13.2. The van der Waals surface area contributed by atoms with Crippen LogP contribution >= 0.6 is 23.1 Å². The number of aryl methyl sites for hydroxylation is 1. The molecule has 1 atom stereocenters. The molecule has 0 amide bonds. The highest BCUT2D eigenvalue weighted by atomic mass is 32.2. The lowest BCUT2D eigenvalue weighted by Gasteiger charge is -2.16. The van der Waals surface area contributed by atoms with Crippen LogP contribution in [0.25, 0.3) is 10.8 Å². The van der Waals surface area contributed by atoms with Crippen molar-refractivity contribution < 1.29 is 12.8 Å². The zero-order valence-electron chi connectivity index (χ0n) is 16.6. The molecule has 3 aromatic heterocycles. The topological polar surface area (TPSA) is 89.2 Å². The van der Waals surface area contributed by atoms with E-state index < -0.39 is 10.0 Å². The molecule has 5 rings (SSSR count). The Bertz CT molecular complexity index is 1150. The van der Waals surface area contributed by atoms with Crippen LogP contribution in [-0.2, 0) is 22.9 Å². The van der Waals surface area contributed by atoms with E-state index in [1.807, 2.05) is 0 Å². The maximum atomic E-state index is 12.6. The molecule has 0 bridgehead atoms. The van der Waals surface area contributed by atoms with E-state index >= 15 is 0 Å². The minimum absolute atomic E-state index is 0.221. The highest BCUT2D eigenvalue weighted by molar-refractivity contribution is 7.99. The van der Waals surface area contributed by atoms with E-state index in [-0.39, 0.29) is 4.90 Å².